The molecule has 2 aliphatic rings. The van der Waals surface area contributed by atoms with Gasteiger partial charge in [0.2, 0.25) is 5.91 Å². The van der Waals surface area contributed by atoms with Gasteiger partial charge in [-0.3, -0.25) is 9.59 Å². The Morgan fingerprint density at radius 2 is 1.88 bits per heavy atom. The standard InChI is InChI=1S/C24H33N3O5/c25-24(31)32-21(12-17-9-5-2-6-10-17)23(30)27-20(15-28)14-18-13-19(26-22(18)29)11-16-7-3-1-4-8-16/h1,3-4,7-8,15,17-21H,2,5-6,9-14H2,(H2,25,31)(H,26,29)(H,27,30). The van der Waals surface area contributed by atoms with Crippen LogP contribution >= 0.6 is 0 Å². The van der Waals surface area contributed by atoms with E-state index in [2.05, 4.69) is 10.6 Å². The Balaban J connectivity index is 1.54. The smallest absolute Gasteiger partial charge is 0.405 e. The summed E-state index contributed by atoms with van der Waals surface area (Å²) in [6, 6.07) is 9.05. The molecule has 2 fully saturated rings. The Morgan fingerprint density at radius 3 is 2.53 bits per heavy atom. The van der Waals surface area contributed by atoms with Gasteiger partial charge < -0.3 is 25.9 Å². The van der Waals surface area contributed by atoms with Gasteiger partial charge in [0.1, 0.15) is 6.29 Å². The third-order valence-electron chi connectivity index (χ3n) is 6.46. The number of amides is 3. The van der Waals surface area contributed by atoms with Crippen LogP contribution in [0.15, 0.2) is 30.3 Å². The van der Waals surface area contributed by atoms with Crippen molar-refractivity contribution in [3.8, 4) is 0 Å². The fraction of sp³-hybridized carbons (Fsp3) is 0.583. The number of hydrogen-bond acceptors (Lipinski definition) is 5. The average Bonchev–Trinajstić information content (AvgIpc) is 3.12. The number of benzene rings is 1. The van der Waals surface area contributed by atoms with Crippen molar-refractivity contribution in [1.82, 2.24) is 10.6 Å². The summed E-state index contributed by atoms with van der Waals surface area (Å²) in [5, 5.41) is 5.64. The topological polar surface area (TPSA) is 128 Å². The zero-order valence-corrected chi connectivity index (χ0v) is 18.3. The molecule has 8 heteroatoms. The number of primary amides is 1. The molecule has 0 aromatic heterocycles. The maximum atomic E-state index is 12.8. The van der Waals surface area contributed by atoms with Crippen LogP contribution in [-0.2, 0) is 25.5 Å². The van der Waals surface area contributed by atoms with E-state index in [0.717, 1.165) is 37.7 Å². The van der Waals surface area contributed by atoms with Crippen LogP contribution in [0.4, 0.5) is 4.79 Å². The van der Waals surface area contributed by atoms with Crippen LogP contribution in [-0.4, -0.2) is 42.4 Å². The highest BCUT2D eigenvalue weighted by atomic mass is 16.6. The van der Waals surface area contributed by atoms with E-state index in [9.17, 15) is 19.2 Å². The number of rotatable bonds is 10. The molecule has 1 saturated heterocycles. The highest BCUT2D eigenvalue weighted by molar-refractivity contribution is 5.86. The van der Waals surface area contributed by atoms with Crippen LogP contribution in [0.3, 0.4) is 0 Å². The summed E-state index contributed by atoms with van der Waals surface area (Å²) in [6.07, 6.45) is 5.83. The fourth-order valence-corrected chi connectivity index (χ4v) is 4.87. The first-order valence-corrected chi connectivity index (χ1v) is 11.5. The van der Waals surface area contributed by atoms with Crippen LogP contribution in [0.1, 0.15) is 56.9 Å². The highest BCUT2D eigenvalue weighted by Crippen LogP contribution is 2.28. The zero-order valence-electron chi connectivity index (χ0n) is 18.3. The first-order valence-electron chi connectivity index (χ1n) is 11.5. The Kier molecular flexibility index (Phi) is 8.64. The minimum atomic E-state index is -1.03. The lowest BCUT2D eigenvalue weighted by Crippen LogP contribution is -2.46. The van der Waals surface area contributed by atoms with Gasteiger partial charge in [-0.05, 0) is 37.2 Å². The molecule has 0 spiro atoms. The Morgan fingerprint density at radius 1 is 1.16 bits per heavy atom. The SMILES string of the molecule is NC(=O)OC(CC1CCCCC1)C(=O)NC(C=O)CC1CC(Cc2ccccc2)NC1=O. The average molecular weight is 444 g/mol. The molecule has 1 aliphatic heterocycles. The normalized spacial score (nSPS) is 23.1. The molecule has 1 aromatic rings. The van der Waals surface area contributed by atoms with Gasteiger partial charge in [-0.1, -0.05) is 62.4 Å². The molecule has 1 aromatic carbocycles. The summed E-state index contributed by atoms with van der Waals surface area (Å²) in [5.74, 6) is -0.731. The molecule has 0 radical (unpaired) electrons. The lowest BCUT2D eigenvalue weighted by Gasteiger charge is -2.26. The summed E-state index contributed by atoms with van der Waals surface area (Å²) in [4.78, 5) is 48.2. The maximum Gasteiger partial charge on any atom is 0.405 e. The highest BCUT2D eigenvalue weighted by Gasteiger charge is 2.35. The second-order valence-electron chi connectivity index (χ2n) is 8.98. The summed E-state index contributed by atoms with van der Waals surface area (Å²) < 4.78 is 5.07. The first-order chi connectivity index (χ1) is 15.4. The molecule has 4 atom stereocenters. The summed E-state index contributed by atoms with van der Waals surface area (Å²) in [7, 11) is 0. The molecule has 3 rings (SSSR count). The summed E-state index contributed by atoms with van der Waals surface area (Å²) in [5.41, 5.74) is 6.30. The predicted molar refractivity (Wildman–Crippen MR) is 118 cm³/mol. The largest absolute Gasteiger partial charge is 0.436 e. The summed E-state index contributed by atoms with van der Waals surface area (Å²) >= 11 is 0. The van der Waals surface area contributed by atoms with E-state index in [1.807, 2.05) is 30.3 Å². The predicted octanol–water partition coefficient (Wildman–Crippen LogP) is 2.24. The quantitative estimate of drug-likeness (QED) is 0.478. The molecule has 1 saturated carbocycles. The van der Waals surface area contributed by atoms with Crippen molar-refractivity contribution in [3.63, 3.8) is 0 Å². The molecular formula is C24H33N3O5. The lowest BCUT2D eigenvalue weighted by molar-refractivity contribution is -0.133. The van der Waals surface area contributed by atoms with Crippen LogP contribution in [0.25, 0.3) is 0 Å². The molecule has 4 unspecified atom stereocenters. The number of aldehydes is 1. The van der Waals surface area contributed by atoms with Gasteiger partial charge in [0.25, 0.3) is 5.91 Å². The maximum absolute atomic E-state index is 12.8. The first kappa shape index (κ1) is 23.8. The van der Waals surface area contributed by atoms with Crippen LogP contribution < -0.4 is 16.4 Å². The van der Waals surface area contributed by atoms with Crippen LogP contribution in [0.2, 0.25) is 0 Å². The van der Waals surface area contributed by atoms with E-state index in [4.69, 9.17) is 10.5 Å². The van der Waals surface area contributed by atoms with Gasteiger partial charge in [0, 0.05) is 12.0 Å². The van der Waals surface area contributed by atoms with E-state index in [1.54, 1.807) is 0 Å². The zero-order chi connectivity index (χ0) is 22.9. The number of carbonyl (C=O) groups excluding carboxylic acids is 4. The van der Waals surface area contributed by atoms with E-state index >= 15 is 0 Å². The van der Waals surface area contributed by atoms with E-state index < -0.39 is 24.1 Å². The van der Waals surface area contributed by atoms with E-state index in [1.165, 1.54) is 6.42 Å². The third kappa shape index (κ3) is 7.07. The van der Waals surface area contributed by atoms with Gasteiger partial charge in [0.15, 0.2) is 6.10 Å². The second kappa shape index (κ2) is 11.6. The fourth-order valence-electron chi connectivity index (χ4n) is 4.87. The van der Waals surface area contributed by atoms with Gasteiger partial charge in [-0.25, -0.2) is 4.79 Å². The number of carbonyl (C=O) groups is 4. The molecule has 3 amide bonds. The van der Waals surface area contributed by atoms with Crippen LogP contribution in [0, 0.1) is 11.8 Å². The molecule has 1 heterocycles. The molecule has 4 N–H and O–H groups in total. The third-order valence-corrected chi connectivity index (χ3v) is 6.46. The van der Waals surface area contributed by atoms with Gasteiger partial charge in [-0.2, -0.15) is 0 Å². The van der Waals surface area contributed by atoms with E-state index in [-0.39, 0.29) is 30.2 Å². The Bertz CT molecular complexity index is 794. The Hall–Kier alpha value is -2.90. The van der Waals surface area contributed by atoms with Gasteiger partial charge in [-0.15, -0.1) is 0 Å². The number of nitrogens with two attached hydrogens (primary N) is 1. The van der Waals surface area contributed by atoms with E-state index in [0.29, 0.717) is 19.1 Å². The molecule has 174 valence electrons. The number of ether oxygens (including phenoxy) is 1. The summed E-state index contributed by atoms with van der Waals surface area (Å²) in [6.45, 7) is 0. The minimum absolute atomic E-state index is 0.00449. The number of hydrogen-bond donors (Lipinski definition) is 3. The van der Waals surface area contributed by atoms with Crippen molar-refractivity contribution in [2.24, 2.45) is 17.6 Å². The monoisotopic (exact) mass is 443 g/mol. The molecule has 32 heavy (non-hydrogen) atoms. The lowest BCUT2D eigenvalue weighted by atomic mass is 9.85. The van der Waals surface area contributed by atoms with Crippen molar-refractivity contribution in [3.05, 3.63) is 35.9 Å². The second-order valence-corrected chi connectivity index (χ2v) is 8.98. The van der Waals surface area contributed by atoms with Crippen molar-refractivity contribution < 1.29 is 23.9 Å². The molecule has 0 bridgehead atoms. The van der Waals surface area contributed by atoms with Gasteiger partial charge >= 0.3 is 6.09 Å². The molecule has 8 nitrogen and oxygen atoms in total. The molecular weight excluding hydrogens is 410 g/mol. The van der Waals surface area contributed by atoms with Gasteiger partial charge in [0.05, 0.1) is 6.04 Å². The minimum Gasteiger partial charge on any atom is -0.436 e. The molecule has 1 aliphatic carbocycles. The van der Waals surface area contributed by atoms with Crippen molar-refractivity contribution in [2.45, 2.75) is 76.0 Å². The van der Waals surface area contributed by atoms with Crippen molar-refractivity contribution in [2.75, 3.05) is 0 Å². The van der Waals surface area contributed by atoms with Crippen LogP contribution in [0.5, 0.6) is 0 Å². The van der Waals surface area contributed by atoms with Crippen molar-refractivity contribution in [1.29, 1.82) is 0 Å². The number of nitrogens with one attached hydrogen (secondary N) is 2. The Labute approximate surface area is 188 Å². The van der Waals surface area contributed by atoms with Crippen molar-refractivity contribution >= 4 is 24.2 Å².